The lowest BCUT2D eigenvalue weighted by Crippen LogP contribution is -2.46. The van der Waals surface area contributed by atoms with Gasteiger partial charge in [0.05, 0.1) is 23.8 Å². The molecule has 106 valence electrons. The number of aromatic nitrogens is 1. The average Bonchev–Trinajstić information content (AvgIpc) is 2.46. The molecule has 1 saturated heterocycles. The molecule has 2 rings (SSSR count). The van der Waals surface area contributed by atoms with Crippen molar-refractivity contribution in [3.63, 3.8) is 0 Å². The molecule has 1 aromatic heterocycles. The third-order valence-corrected chi connectivity index (χ3v) is 3.58. The van der Waals surface area contributed by atoms with Crippen LogP contribution in [0, 0.1) is 0 Å². The summed E-state index contributed by atoms with van der Waals surface area (Å²) >= 11 is 0. The van der Waals surface area contributed by atoms with E-state index in [9.17, 15) is 0 Å². The van der Waals surface area contributed by atoms with Gasteiger partial charge in [-0.3, -0.25) is 9.88 Å². The molecule has 1 aromatic rings. The van der Waals surface area contributed by atoms with Crippen molar-refractivity contribution in [3.8, 4) is 0 Å². The third kappa shape index (κ3) is 4.10. The minimum Gasteiger partial charge on any atom is -0.384 e. The Kier molecular flexibility index (Phi) is 5.45. The summed E-state index contributed by atoms with van der Waals surface area (Å²) in [5.74, 6) is 0. The van der Waals surface area contributed by atoms with Gasteiger partial charge in [-0.2, -0.15) is 0 Å². The second-order valence-electron chi connectivity index (χ2n) is 5.19. The fraction of sp³-hybridized carbons (Fsp3) is 0.667. The minimum absolute atomic E-state index is 1.01. The van der Waals surface area contributed by atoms with Crippen LogP contribution >= 0.6 is 0 Å². The van der Waals surface area contributed by atoms with Crippen LogP contribution in [0.5, 0.6) is 0 Å². The maximum Gasteiger partial charge on any atom is 0.0574 e. The van der Waals surface area contributed by atoms with E-state index in [1.54, 1.807) is 0 Å². The van der Waals surface area contributed by atoms with Crippen LogP contribution in [-0.2, 0) is 0 Å². The lowest BCUT2D eigenvalue weighted by Gasteiger charge is -2.35. The molecule has 2 heterocycles. The van der Waals surface area contributed by atoms with E-state index < -0.39 is 0 Å². The van der Waals surface area contributed by atoms with Gasteiger partial charge in [0, 0.05) is 32.7 Å². The highest BCUT2D eigenvalue weighted by atomic mass is 15.3. The van der Waals surface area contributed by atoms with Gasteiger partial charge in [-0.25, -0.2) is 0 Å². The van der Waals surface area contributed by atoms with E-state index in [0.29, 0.717) is 0 Å². The summed E-state index contributed by atoms with van der Waals surface area (Å²) in [6.07, 6.45) is 6.27. The first kappa shape index (κ1) is 14.1. The van der Waals surface area contributed by atoms with Crippen LogP contribution in [-0.4, -0.2) is 49.2 Å². The zero-order valence-corrected chi connectivity index (χ0v) is 12.2. The molecule has 0 aliphatic carbocycles. The summed E-state index contributed by atoms with van der Waals surface area (Å²) in [4.78, 5) is 9.34. The minimum atomic E-state index is 1.01. The van der Waals surface area contributed by atoms with Crippen LogP contribution < -0.4 is 10.2 Å². The van der Waals surface area contributed by atoms with Crippen LogP contribution in [0.3, 0.4) is 0 Å². The molecule has 0 amide bonds. The smallest absolute Gasteiger partial charge is 0.0574 e. The molecule has 4 nitrogen and oxygen atoms in total. The van der Waals surface area contributed by atoms with Crippen LogP contribution in [0.15, 0.2) is 18.5 Å². The Morgan fingerprint density at radius 1 is 1.11 bits per heavy atom. The van der Waals surface area contributed by atoms with Crippen molar-refractivity contribution in [1.82, 2.24) is 9.88 Å². The number of piperazine rings is 1. The maximum atomic E-state index is 4.35. The summed E-state index contributed by atoms with van der Waals surface area (Å²) in [6.45, 7) is 11.2. The summed E-state index contributed by atoms with van der Waals surface area (Å²) in [6, 6.07) is 2.22. The highest BCUT2D eigenvalue weighted by Crippen LogP contribution is 2.19. The fourth-order valence-electron chi connectivity index (χ4n) is 2.51. The summed E-state index contributed by atoms with van der Waals surface area (Å²) in [7, 11) is 0. The number of nitrogens with zero attached hydrogens (tertiary/aromatic N) is 3. The predicted octanol–water partition coefficient (Wildman–Crippen LogP) is 2.44. The van der Waals surface area contributed by atoms with E-state index in [1.807, 2.05) is 12.4 Å². The Labute approximate surface area is 116 Å². The molecule has 19 heavy (non-hydrogen) atoms. The quantitative estimate of drug-likeness (QED) is 0.853. The largest absolute Gasteiger partial charge is 0.384 e. The van der Waals surface area contributed by atoms with E-state index in [0.717, 1.165) is 31.7 Å². The molecule has 0 spiro atoms. The standard InChI is InChI=1S/C15H26N4/c1-3-5-17-14-11-15(13-16-12-14)19-9-7-18(6-4-2)8-10-19/h11-13,17H,3-10H2,1-2H3. The van der Waals surface area contributed by atoms with E-state index >= 15 is 0 Å². The topological polar surface area (TPSA) is 31.4 Å². The van der Waals surface area contributed by atoms with Crippen molar-refractivity contribution in [3.05, 3.63) is 18.5 Å². The Hall–Kier alpha value is -1.29. The van der Waals surface area contributed by atoms with Crippen LogP contribution in [0.25, 0.3) is 0 Å². The van der Waals surface area contributed by atoms with Gasteiger partial charge in [0.15, 0.2) is 0 Å². The zero-order chi connectivity index (χ0) is 13.5. The maximum absolute atomic E-state index is 4.35. The first-order chi connectivity index (χ1) is 9.33. The second kappa shape index (κ2) is 7.34. The summed E-state index contributed by atoms with van der Waals surface area (Å²) in [5.41, 5.74) is 2.38. The van der Waals surface area contributed by atoms with Gasteiger partial charge >= 0.3 is 0 Å². The first-order valence-corrected chi connectivity index (χ1v) is 7.49. The van der Waals surface area contributed by atoms with Crippen LogP contribution in [0.1, 0.15) is 26.7 Å². The summed E-state index contributed by atoms with van der Waals surface area (Å²) in [5, 5.41) is 3.40. The third-order valence-electron chi connectivity index (χ3n) is 3.58. The molecule has 0 bridgehead atoms. The number of rotatable bonds is 6. The Morgan fingerprint density at radius 3 is 2.58 bits per heavy atom. The molecule has 1 aliphatic heterocycles. The highest BCUT2D eigenvalue weighted by molar-refractivity contribution is 5.55. The molecule has 1 aliphatic rings. The first-order valence-electron chi connectivity index (χ1n) is 7.49. The van der Waals surface area contributed by atoms with Crippen molar-refractivity contribution in [1.29, 1.82) is 0 Å². The van der Waals surface area contributed by atoms with Gasteiger partial charge < -0.3 is 10.2 Å². The molecular formula is C15H26N4. The van der Waals surface area contributed by atoms with Gasteiger partial charge in [-0.1, -0.05) is 13.8 Å². The van der Waals surface area contributed by atoms with Gasteiger partial charge in [-0.15, -0.1) is 0 Å². The fourth-order valence-corrected chi connectivity index (χ4v) is 2.51. The molecule has 0 radical (unpaired) electrons. The lowest BCUT2D eigenvalue weighted by atomic mass is 10.2. The SMILES string of the molecule is CCCNc1cncc(N2CCN(CCC)CC2)c1. The van der Waals surface area contributed by atoms with E-state index in [1.165, 1.54) is 31.7 Å². The second-order valence-corrected chi connectivity index (χ2v) is 5.19. The molecule has 1 N–H and O–H groups in total. The van der Waals surface area contributed by atoms with Gasteiger partial charge in [0.2, 0.25) is 0 Å². The molecular weight excluding hydrogens is 236 g/mol. The molecule has 0 aromatic carbocycles. The van der Waals surface area contributed by atoms with Crippen molar-refractivity contribution in [2.24, 2.45) is 0 Å². The molecule has 4 heteroatoms. The molecule has 0 unspecified atom stereocenters. The average molecular weight is 262 g/mol. The van der Waals surface area contributed by atoms with Crippen molar-refractivity contribution >= 4 is 11.4 Å². The van der Waals surface area contributed by atoms with Crippen molar-refractivity contribution in [2.75, 3.05) is 49.5 Å². The molecule has 0 saturated carbocycles. The van der Waals surface area contributed by atoms with E-state index in [2.05, 4.69) is 40.0 Å². The number of hydrogen-bond donors (Lipinski definition) is 1. The van der Waals surface area contributed by atoms with Gasteiger partial charge in [0.1, 0.15) is 0 Å². The van der Waals surface area contributed by atoms with Crippen molar-refractivity contribution < 1.29 is 0 Å². The normalized spacial score (nSPS) is 16.6. The van der Waals surface area contributed by atoms with Gasteiger partial charge in [0.25, 0.3) is 0 Å². The van der Waals surface area contributed by atoms with Gasteiger partial charge in [-0.05, 0) is 25.5 Å². The number of hydrogen-bond acceptors (Lipinski definition) is 4. The monoisotopic (exact) mass is 262 g/mol. The lowest BCUT2D eigenvalue weighted by molar-refractivity contribution is 0.258. The Bertz CT molecular complexity index is 372. The molecule has 0 atom stereocenters. The van der Waals surface area contributed by atoms with Crippen molar-refractivity contribution in [2.45, 2.75) is 26.7 Å². The van der Waals surface area contributed by atoms with Crippen LogP contribution in [0.2, 0.25) is 0 Å². The van der Waals surface area contributed by atoms with Crippen LogP contribution in [0.4, 0.5) is 11.4 Å². The Morgan fingerprint density at radius 2 is 1.89 bits per heavy atom. The zero-order valence-electron chi connectivity index (χ0n) is 12.2. The van der Waals surface area contributed by atoms with E-state index in [-0.39, 0.29) is 0 Å². The number of pyridine rings is 1. The number of anilines is 2. The Balaban J connectivity index is 1.91. The summed E-state index contributed by atoms with van der Waals surface area (Å²) < 4.78 is 0. The molecule has 1 fully saturated rings. The highest BCUT2D eigenvalue weighted by Gasteiger charge is 2.16. The van der Waals surface area contributed by atoms with E-state index in [4.69, 9.17) is 0 Å². The predicted molar refractivity (Wildman–Crippen MR) is 82.0 cm³/mol. The number of nitrogens with one attached hydrogen (secondary N) is 1.